The first-order valence-electron chi connectivity index (χ1n) is 8.53. The number of amides is 2. The smallest absolute Gasteiger partial charge is 0.251 e. The summed E-state index contributed by atoms with van der Waals surface area (Å²) in [6, 6.07) is 11.8. The highest BCUT2D eigenvalue weighted by atomic mass is 16.5. The van der Waals surface area contributed by atoms with Crippen LogP contribution in [0.3, 0.4) is 0 Å². The molecule has 26 heavy (non-hydrogen) atoms. The molecule has 1 saturated carbocycles. The van der Waals surface area contributed by atoms with Crippen molar-refractivity contribution < 1.29 is 19.4 Å². The number of hydrogen-bond donors (Lipinski definition) is 3. The van der Waals surface area contributed by atoms with Gasteiger partial charge in [0.25, 0.3) is 5.91 Å². The van der Waals surface area contributed by atoms with E-state index >= 15 is 0 Å². The first kappa shape index (κ1) is 17.8. The van der Waals surface area contributed by atoms with Crippen molar-refractivity contribution in [3.63, 3.8) is 0 Å². The van der Waals surface area contributed by atoms with Crippen LogP contribution in [0.5, 0.6) is 11.5 Å². The van der Waals surface area contributed by atoms with Crippen molar-refractivity contribution in [1.29, 1.82) is 0 Å². The van der Waals surface area contributed by atoms with E-state index in [4.69, 9.17) is 4.74 Å². The fourth-order valence-corrected chi connectivity index (χ4v) is 2.79. The summed E-state index contributed by atoms with van der Waals surface area (Å²) in [6.45, 7) is 2.32. The summed E-state index contributed by atoms with van der Waals surface area (Å²) in [5.74, 6) is 0.671. The van der Waals surface area contributed by atoms with Crippen LogP contribution in [0, 0.1) is 11.8 Å². The van der Waals surface area contributed by atoms with Gasteiger partial charge in [-0.25, -0.2) is 0 Å². The average molecular weight is 354 g/mol. The van der Waals surface area contributed by atoms with E-state index in [1.807, 2.05) is 6.92 Å². The summed E-state index contributed by atoms with van der Waals surface area (Å²) in [4.78, 5) is 24.4. The zero-order valence-corrected chi connectivity index (χ0v) is 14.8. The summed E-state index contributed by atoms with van der Waals surface area (Å²) in [5.41, 5.74) is 1.83. The molecule has 0 bridgehead atoms. The lowest BCUT2D eigenvalue weighted by Gasteiger charge is -2.09. The van der Waals surface area contributed by atoms with E-state index in [1.165, 1.54) is 7.11 Å². The maximum absolute atomic E-state index is 12.4. The van der Waals surface area contributed by atoms with Crippen LogP contribution in [0.1, 0.15) is 29.3 Å². The van der Waals surface area contributed by atoms with Crippen molar-refractivity contribution in [2.24, 2.45) is 11.8 Å². The molecule has 3 rings (SSSR count). The number of methoxy groups -OCH3 is 1. The predicted octanol–water partition coefficient (Wildman–Crippen LogP) is 2.93. The second-order valence-electron chi connectivity index (χ2n) is 6.58. The monoisotopic (exact) mass is 354 g/mol. The Hall–Kier alpha value is -3.02. The van der Waals surface area contributed by atoms with Crippen LogP contribution < -0.4 is 15.4 Å². The molecule has 0 radical (unpaired) electrons. The Kier molecular flexibility index (Phi) is 5.11. The molecule has 6 nitrogen and oxygen atoms in total. The SMILES string of the molecule is COc1ccc(CNC(=O)c2cccc(NC(=O)[C@@H]3C[C@H]3C)c2)cc1O. The maximum atomic E-state index is 12.4. The van der Waals surface area contributed by atoms with Crippen LogP contribution in [0.2, 0.25) is 0 Å². The topological polar surface area (TPSA) is 87.7 Å². The van der Waals surface area contributed by atoms with Gasteiger partial charge in [0.2, 0.25) is 5.91 Å². The summed E-state index contributed by atoms with van der Waals surface area (Å²) in [6.07, 6.45) is 0.917. The average Bonchev–Trinajstić information content (AvgIpc) is 3.37. The van der Waals surface area contributed by atoms with Gasteiger partial charge in [0, 0.05) is 23.7 Å². The van der Waals surface area contributed by atoms with Gasteiger partial charge < -0.3 is 20.5 Å². The van der Waals surface area contributed by atoms with Crippen molar-refractivity contribution in [3.05, 3.63) is 53.6 Å². The molecule has 2 aromatic carbocycles. The van der Waals surface area contributed by atoms with E-state index in [9.17, 15) is 14.7 Å². The van der Waals surface area contributed by atoms with Crippen molar-refractivity contribution in [1.82, 2.24) is 5.32 Å². The molecular formula is C20H22N2O4. The van der Waals surface area contributed by atoms with Crippen molar-refractivity contribution >= 4 is 17.5 Å². The third kappa shape index (κ3) is 4.14. The van der Waals surface area contributed by atoms with Gasteiger partial charge in [-0.1, -0.05) is 19.1 Å². The van der Waals surface area contributed by atoms with Gasteiger partial charge >= 0.3 is 0 Å². The molecular weight excluding hydrogens is 332 g/mol. The lowest BCUT2D eigenvalue weighted by atomic mass is 10.1. The molecule has 0 spiro atoms. The molecule has 6 heteroatoms. The van der Waals surface area contributed by atoms with Gasteiger partial charge in [-0.05, 0) is 48.2 Å². The summed E-state index contributed by atoms with van der Waals surface area (Å²) in [7, 11) is 1.48. The number of rotatable bonds is 6. The molecule has 2 amide bonds. The Morgan fingerprint density at radius 2 is 2.00 bits per heavy atom. The molecule has 0 aliphatic heterocycles. The molecule has 2 aromatic rings. The standard InChI is InChI=1S/C20H22N2O4/c1-12-8-16(12)20(25)22-15-5-3-4-14(10-15)19(24)21-11-13-6-7-18(26-2)17(23)9-13/h3-7,9-10,12,16,23H,8,11H2,1-2H3,(H,21,24)(H,22,25)/t12-,16-/m1/s1. The normalized spacial score (nSPS) is 18.1. The van der Waals surface area contributed by atoms with Gasteiger partial charge in [-0.2, -0.15) is 0 Å². The second kappa shape index (κ2) is 7.47. The summed E-state index contributed by atoms with van der Waals surface area (Å²) >= 11 is 0. The largest absolute Gasteiger partial charge is 0.504 e. The molecule has 0 heterocycles. The Balaban J connectivity index is 1.60. The Morgan fingerprint density at radius 1 is 1.23 bits per heavy atom. The fourth-order valence-electron chi connectivity index (χ4n) is 2.79. The molecule has 136 valence electrons. The predicted molar refractivity (Wildman–Crippen MR) is 98.2 cm³/mol. The van der Waals surface area contributed by atoms with Gasteiger partial charge in [0.15, 0.2) is 11.5 Å². The highest BCUT2D eigenvalue weighted by Crippen LogP contribution is 2.38. The first-order chi connectivity index (χ1) is 12.5. The lowest BCUT2D eigenvalue weighted by molar-refractivity contribution is -0.117. The van der Waals surface area contributed by atoms with E-state index < -0.39 is 0 Å². The Bertz CT molecular complexity index is 834. The molecule has 1 aliphatic rings. The quantitative estimate of drug-likeness (QED) is 0.744. The highest BCUT2D eigenvalue weighted by molar-refractivity contribution is 5.98. The minimum Gasteiger partial charge on any atom is -0.504 e. The number of ether oxygens (including phenoxy) is 1. The fraction of sp³-hybridized carbons (Fsp3) is 0.300. The number of anilines is 1. The molecule has 3 N–H and O–H groups in total. The van der Waals surface area contributed by atoms with Gasteiger partial charge in [-0.3, -0.25) is 9.59 Å². The third-order valence-electron chi connectivity index (χ3n) is 4.53. The van der Waals surface area contributed by atoms with Gasteiger partial charge in [0.05, 0.1) is 7.11 Å². The van der Waals surface area contributed by atoms with Crippen LogP contribution in [0.4, 0.5) is 5.69 Å². The molecule has 1 aliphatic carbocycles. The molecule has 1 fully saturated rings. The van der Waals surface area contributed by atoms with Crippen LogP contribution in [-0.4, -0.2) is 24.0 Å². The number of phenolic OH excluding ortho intramolecular Hbond substituents is 1. The molecule has 2 atom stereocenters. The Labute approximate surface area is 152 Å². The zero-order valence-electron chi connectivity index (χ0n) is 14.8. The van der Waals surface area contributed by atoms with Crippen molar-refractivity contribution in [2.75, 3.05) is 12.4 Å². The van der Waals surface area contributed by atoms with Crippen molar-refractivity contribution in [3.8, 4) is 11.5 Å². The van der Waals surface area contributed by atoms with E-state index in [0.717, 1.165) is 12.0 Å². The molecule has 0 saturated heterocycles. The number of carbonyl (C=O) groups is 2. The van der Waals surface area contributed by atoms with E-state index in [0.29, 0.717) is 22.9 Å². The number of benzene rings is 2. The number of aromatic hydroxyl groups is 1. The van der Waals surface area contributed by atoms with Gasteiger partial charge in [-0.15, -0.1) is 0 Å². The van der Waals surface area contributed by atoms with E-state index in [1.54, 1.807) is 42.5 Å². The first-order valence-corrected chi connectivity index (χ1v) is 8.53. The van der Waals surface area contributed by atoms with Crippen LogP contribution in [0.25, 0.3) is 0 Å². The lowest BCUT2D eigenvalue weighted by Crippen LogP contribution is -2.23. The van der Waals surface area contributed by atoms with Crippen LogP contribution in [0.15, 0.2) is 42.5 Å². The number of phenols is 1. The maximum Gasteiger partial charge on any atom is 0.251 e. The summed E-state index contributed by atoms with van der Waals surface area (Å²) in [5, 5.41) is 15.4. The summed E-state index contributed by atoms with van der Waals surface area (Å²) < 4.78 is 5.00. The number of hydrogen-bond acceptors (Lipinski definition) is 4. The highest BCUT2D eigenvalue weighted by Gasteiger charge is 2.39. The van der Waals surface area contributed by atoms with E-state index in [2.05, 4.69) is 10.6 Å². The number of carbonyl (C=O) groups excluding carboxylic acids is 2. The van der Waals surface area contributed by atoms with Crippen molar-refractivity contribution in [2.45, 2.75) is 19.9 Å². The third-order valence-corrected chi connectivity index (χ3v) is 4.53. The van der Waals surface area contributed by atoms with Crippen LogP contribution >= 0.6 is 0 Å². The Morgan fingerprint density at radius 3 is 2.65 bits per heavy atom. The molecule has 0 unspecified atom stereocenters. The van der Waals surface area contributed by atoms with Gasteiger partial charge in [0.1, 0.15) is 0 Å². The minimum atomic E-state index is -0.254. The second-order valence-corrected chi connectivity index (χ2v) is 6.58. The minimum absolute atomic E-state index is 0.00349. The van der Waals surface area contributed by atoms with Crippen LogP contribution in [-0.2, 0) is 11.3 Å². The zero-order chi connectivity index (χ0) is 18.7. The van der Waals surface area contributed by atoms with E-state index in [-0.39, 0.29) is 30.0 Å². The number of nitrogens with one attached hydrogen (secondary N) is 2. The molecule has 0 aromatic heterocycles.